The molecule has 1 saturated heterocycles. The summed E-state index contributed by atoms with van der Waals surface area (Å²) in [6, 6.07) is 10.4. The molecule has 1 atom stereocenters. The van der Waals surface area contributed by atoms with Crippen LogP contribution >= 0.6 is 11.3 Å². The normalized spacial score (nSPS) is 16.2. The lowest BCUT2D eigenvalue weighted by Gasteiger charge is -2.16. The number of thiazole rings is 1. The third-order valence-electron chi connectivity index (χ3n) is 4.98. The fourth-order valence-electron chi connectivity index (χ4n) is 3.37. The van der Waals surface area contributed by atoms with Crippen LogP contribution in [-0.2, 0) is 16.0 Å². The van der Waals surface area contributed by atoms with Crippen LogP contribution in [0.5, 0.6) is 0 Å². The van der Waals surface area contributed by atoms with Crippen LogP contribution < -0.4 is 5.32 Å². The van der Waals surface area contributed by atoms with Crippen molar-refractivity contribution >= 4 is 44.2 Å². The Kier molecular flexibility index (Phi) is 5.40. The molecule has 0 radical (unpaired) electrons. The Morgan fingerprint density at radius 1 is 1.30 bits per heavy atom. The van der Waals surface area contributed by atoms with Gasteiger partial charge in [-0.1, -0.05) is 23.5 Å². The molecule has 2 amide bonds. The number of anilines is 1. The van der Waals surface area contributed by atoms with Gasteiger partial charge in [-0.3, -0.25) is 19.7 Å². The number of rotatable bonds is 6. The molecule has 30 heavy (non-hydrogen) atoms. The van der Waals surface area contributed by atoms with Gasteiger partial charge in [0.2, 0.25) is 11.8 Å². The molecule has 1 aliphatic rings. The summed E-state index contributed by atoms with van der Waals surface area (Å²) in [4.78, 5) is 41.2. The van der Waals surface area contributed by atoms with E-state index in [1.54, 1.807) is 17.0 Å². The number of aromatic nitrogens is 1. The lowest BCUT2D eigenvalue weighted by atomic mass is 10.1. The summed E-state index contributed by atoms with van der Waals surface area (Å²) in [5, 5.41) is 14.0. The SMILES string of the molecule is O=C(Nc1nc2ccc([N+](=O)[O-])cc2s1)[C@H]1CC(=O)N(CCc2ccc(F)cc2)C1. The molecule has 2 aromatic carbocycles. The van der Waals surface area contributed by atoms with Gasteiger partial charge in [0.25, 0.3) is 5.69 Å². The highest BCUT2D eigenvalue weighted by Crippen LogP contribution is 2.30. The van der Waals surface area contributed by atoms with Gasteiger partial charge in [-0.2, -0.15) is 0 Å². The third-order valence-corrected chi connectivity index (χ3v) is 5.92. The fraction of sp³-hybridized carbons (Fsp3) is 0.250. The van der Waals surface area contributed by atoms with Gasteiger partial charge < -0.3 is 10.2 Å². The van der Waals surface area contributed by atoms with Gasteiger partial charge in [0.15, 0.2) is 5.13 Å². The Hall–Kier alpha value is -3.40. The molecular weight excluding hydrogens is 411 g/mol. The molecule has 4 rings (SSSR count). The van der Waals surface area contributed by atoms with E-state index in [0.717, 1.165) is 16.9 Å². The molecular formula is C20H17FN4O4S. The Morgan fingerprint density at radius 2 is 2.07 bits per heavy atom. The van der Waals surface area contributed by atoms with Crippen LogP contribution in [0.1, 0.15) is 12.0 Å². The second kappa shape index (κ2) is 8.15. The predicted molar refractivity (Wildman–Crippen MR) is 110 cm³/mol. The number of nitrogens with zero attached hydrogens (tertiary/aromatic N) is 3. The standard InChI is InChI=1S/C20H17FN4O4S/c21-14-3-1-12(2-4-14)7-8-24-11-13(9-18(24)26)19(27)23-20-22-16-6-5-15(25(28)29)10-17(16)30-20/h1-6,10,13H,7-9,11H2,(H,22,23,27)/t13-/m0/s1. The van der Waals surface area contributed by atoms with Gasteiger partial charge in [0.1, 0.15) is 5.82 Å². The zero-order chi connectivity index (χ0) is 21.3. The van der Waals surface area contributed by atoms with Gasteiger partial charge in [0, 0.05) is 31.6 Å². The highest BCUT2D eigenvalue weighted by molar-refractivity contribution is 7.22. The average molecular weight is 428 g/mol. The molecule has 1 N–H and O–H groups in total. The van der Waals surface area contributed by atoms with Crippen molar-refractivity contribution in [2.75, 3.05) is 18.4 Å². The van der Waals surface area contributed by atoms with Crippen LogP contribution in [0.25, 0.3) is 10.2 Å². The number of non-ortho nitro benzene ring substituents is 1. The molecule has 1 aliphatic heterocycles. The number of halogens is 1. The van der Waals surface area contributed by atoms with Crippen LogP contribution in [0.3, 0.4) is 0 Å². The maximum atomic E-state index is 13.0. The zero-order valence-corrected chi connectivity index (χ0v) is 16.5. The molecule has 3 aromatic rings. The van der Waals surface area contributed by atoms with Crippen molar-refractivity contribution in [1.29, 1.82) is 0 Å². The number of nitrogens with one attached hydrogen (secondary N) is 1. The van der Waals surface area contributed by atoms with E-state index < -0.39 is 10.8 Å². The van der Waals surface area contributed by atoms with Crippen LogP contribution in [0.2, 0.25) is 0 Å². The first kappa shape index (κ1) is 19.9. The smallest absolute Gasteiger partial charge is 0.270 e. The maximum Gasteiger partial charge on any atom is 0.270 e. The molecule has 0 spiro atoms. The Bertz CT molecular complexity index is 1130. The van der Waals surface area contributed by atoms with Crippen LogP contribution in [0.15, 0.2) is 42.5 Å². The predicted octanol–water partition coefficient (Wildman–Crippen LogP) is 3.37. The molecule has 1 aromatic heterocycles. The maximum absolute atomic E-state index is 13.0. The number of hydrogen-bond acceptors (Lipinski definition) is 6. The molecule has 2 heterocycles. The Balaban J connectivity index is 1.37. The van der Waals surface area contributed by atoms with Crippen molar-refractivity contribution in [2.24, 2.45) is 5.92 Å². The minimum atomic E-state index is -0.493. The average Bonchev–Trinajstić information content (AvgIpc) is 3.29. The summed E-state index contributed by atoms with van der Waals surface area (Å²) in [5.74, 6) is -1.21. The number of carbonyl (C=O) groups excluding carboxylic acids is 2. The van der Waals surface area contributed by atoms with E-state index in [9.17, 15) is 24.1 Å². The number of fused-ring (bicyclic) bond motifs is 1. The first-order chi connectivity index (χ1) is 14.4. The number of likely N-dealkylation sites (tertiary alicyclic amines) is 1. The summed E-state index contributed by atoms with van der Waals surface area (Å²) < 4.78 is 13.6. The summed E-state index contributed by atoms with van der Waals surface area (Å²) in [5.41, 5.74) is 1.44. The number of benzene rings is 2. The van der Waals surface area contributed by atoms with Gasteiger partial charge >= 0.3 is 0 Å². The zero-order valence-electron chi connectivity index (χ0n) is 15.7. The summed E-state index contributed by atoms with van der Waals surface area (Å²) in [6.45, 7) is 0.765. The van der Waals surface area contributed by atoms with Crippen molar-refractivity contribution < 1.29 is 18.9 Å². The molecule has 154 valence electrons. The van der Waals surface area contributed by atoms with Crippen molar-refractivity contribution in [3.8, 4) is 0 Å². The Morgan fingerprint density at radius 3 is 2.80 bits per heavy atom. The second-order valence-electron chi connectivity index (χ2n) is 7.03. The van der Waals surface area contributed by atoms with Gasteiger partial charge in [0.05, 0.1) is 21.1 Å². The largest absolute Gasteiger partial charge is 0.342 e. The first-order valence-electron chi connectivity index (χ1n) is 9.27. The van der Waals surface area contributed by atoms with Gasteiger partial charge in [-0.15, -0.1) is 0 Å². The van der Waals surface area contributed by atoms with E-state index in [4.69, 9.17) is 0 Å². The molecule has 0 bridgehead atoms. The van der Waals surface area contributed by atoms with E-state index in [1.165, 1.54) is 30.3 Å². The summed E-state index contributed by atoms with van der Waals surface area (Å²) >= 11 is 1.15. The third kappa shape index (κ3) is 4.28. The molecule has 0 aliphatic carbocycles. The number of nitro benzene ring substituents is 1. The fourth-order valence-corrected chi connectivity index (χ4v) is 4.27. The Labute approximate surface area is 174 Å². The molecule has 0 unspecified atom stereocenters. The number of carbonyl (C=O) groups is 2. The van der Waals surface area contributed by atoms with Crippen LogP contribution in [-0.4, -0.2) is 39.7 Å². The van der Waals surface area contributed by atoms with E-state index >= 15 is 0 Å². The topological polar surface area (TPSA) is 105 Å². The summed E-state index contributed by atoms with van der Waals surface area (Å²) in [6.07, 6.45) is 0.697. The quantitative estimate of drug-likeness (QED) is 0.479. The van der Waals surface area contributed by atoms with Gasteiger partial charge in [-0.25, -0.2) is 9.37 Å². The number of amides is 2. The number of hydrogen-bond donors (Lipinski definition) is 1. The molecule has 1 fully saturated rings. The monoisotopic (exact) mass is 428 g/mol. The highest BCUT2D eigenvalue weighted by atomic mass is 32.1. The van der Waals surface area contributed by atoms with Crippen molar-refractivity contribution in [1.82, 2.24) is 9.88 Å². The van der Waals surface area contributed by atoms with Crippen molar-refractivity contribution in [3.05, 3.63) is 64.0 Å². The van der Waals surface area contributed by atoms with Crippen LogP contribution in [0.4, 0.5) is 15.2 Å². The molecule has 0 saturated carbocycles. The number of nitro groups is 1. The lowest BCUT2D eigenvalue weighted by Crippen LogP contribution is -2.30. The van der Waals surface area contributed by atoms with E-state index in [-0.39, 0.29) is 29.7 Å². The van der Waals surface area contributed by atoms with Crippen LogP contribution in [0, 0.1) is 21.8 Å². The molecule has 8 nitrogen and oxygen atoms in total. The van der Waals surface area contributed by atoms with E-state index in [1.807, 2.05) is 0 Å². The minimum Gasteiger partial charge on any atom is -0.342 e. The summed E-state index contributed by atoms with van der Waals surface area (Å²) in [7, 11) is 0. The lowest BCUT2D eigenvalue weighted by molar-refractivity contribution is -0.384. The van der Waals surface area contributed by atoms with E-state index in [2.05, 4.69) is 10.3 Å². The van der Waals surface area contributed by atoms with E-state index in [0.29, 0.717) is 34.9 Å². The minimum absolute atomic E-state index is 0.0396. The second-order valence-corrected chi connectivity index (χ2v) is 8.07. The van der Waals surface area contributed by atoms with Crippen molar-refractivity contribution in [3.63, 3.8) is 0 Å². The first-order valence-corrected chi connectivity index (χ1v) is 10.1. The highest BCUT2D eigenvalue weighted by Gasteiger charge is 2.34. The molecule has 10 heteroatoms. The van der Waals surface area contributed by atoms with Crippen molar-refractivity contribution in [2.45, 2.75) is 12.8 Å². The van der Waals surface area contributed by atoms with Gasteiger partial charge in [-0.05, 0) is 30.2 Å².